The van der Waals surface area contributed by atoms with Crippen molar-refractivity contribution in [3.63, 3.8) is 0 Å². The molecule has 2 aliphatic rings. The molecule has 2 heterocycles. The van der Waals surface area contributed by atoms with Crippen LogP contribution < -0.4 is 5.32 Å². The maximum atomic E-state index is 11.9. The number of aromatic nitrogens is 3. The molecule has 116 valence electrons. The summed E-state index contributed by atoms with van der Waals surface area (Å²) < 4.78 is 6.58. The van der Waals surface area contributed by atoms with Crippen LogP contribution in [0.5, 0.6) is 0 Å². The van der Waals surface area contributed by atoms with Gasteiger partial charge >= 0.3 is 5.97 Å². The first kappa shape index (κ1) is 14.5. The average Bonchev–Trinajstić information content (AvgIpc) is 3.15. The number of hydrogen-bond acceptors (Lipinski definition) is 6. The summed E-state index contributed by atoms with van der Waals surface area (Å²) in [6.45, 7) is 0.920. The van der Waals surface area contributed by atoms with E-state index in [4.69, 9.17) is 4.74 Å². The number of rotatable bonds is 3. The van der Waals surface area contributed by atoms with Crippen LogP contribution in [0.25, 0.3) is 0 Å². The third kappa shape index (κ3) is 2.67. The van der Waals surface area contributed by atoms with Gasteiger partial charge in [-0.05, 0) is 32.2 Å². The number of methoxy groups -OCH3 is 1. The van der Waals surface area contributed by atoms with E-state index in [0.29, 0.717) is 0 Å². The average molecular weight is 294 g/mol. The second-order valence-electron chi connectivity index (χ2n) is 5.83. The Labute approximate surface area is 123 Å². The van der Waals surface area contributed by atoms with E-state index in [-0.39, 0.29) is 17.8 Å². The molecular formula is C14H22N4O3. The van der Waals surface area contributed by atoms with Crippen molar-refractivity contribution in [2.75, 3.05) is 13.7 Å². The van der Waals surface area contributed by atoms with Gasteiger partial charge in [0, 0.05) is 0 Å². The predicted molar refractivity (Wildman–Crippen MR) is 74.9 cm³/mol. The minimum absolute atomic E-state index is 0.0585. The number of aliphatic hydroxyl groups is 1. The number of ether oxygens (including phenoxy) is 1. The van der Waals surface area contributed by atoms with E-state index in [9.17, 15) is 9.90 Å². The Balaban J connectivity index is 1.99. The zero-order valence-electron chi connectivity index (χ0n) is 12.3. The fourth-order valence-electron chi connectivity index (χ4n) is 3.41. The lowest BCUT2D eigenvalue weighted by Gasteiger charge is -2.29. The normalized spacial score (nSPS) is 29.5. The molecule has 1 aromatic heterocycles. The number of nitrogens with one attached hydrogen (secondary N) is 1. The highest BCUT2D eigenvalue weighted by molar-refractivity contribution is 5.88. The first-order chi connectivity index (χ1) is 10.2. The first-order valence-electron chi connectivity index (χ1n) is 7.67. The number of esters is 1. The third-order valence-corrected chi connectivity index (χ3v) is 4.51. The Kier molecular flexibility index (Phi) is 4.21. The molecule has 2 fully saturated rings. The minimum atomic E-state index is -0.463. The topological polar surface area (TPSA) is 89.3 Å². The van der Waals surface area contributed by atoms with Crippen LogP contribution in [0.3, 0.4) is 0 Å². The van der Waals surface area contributed by atoms with Gasteiger partial charge in [0.15, 0.2) is 5.69 Å². The highest BCUT2D eigenvalue weighted by atomic mass is 16.5. The summed E-state index contributed by atoms with van der Waals surface area (Å²) in [5, 5.41) is 21.9. The lowest BCUT2D eigenvalue weighted by Crippen LogP contribution is -2.31. The molecular weight excluding hydrogens is 272 g/mol. The highest BCUT2D eigenvalue weighted by Crippen LogP contribution is 2.33. The SMILES string of the molecule is COC(=O)c1nnn(C2CCCCC2O)c1C1CCCN1. The van der Waals surface area contributed by atoms with E-state index in [0.717, 1.165) is 50.8 Å². The van der Waals surface area contributed by atoms with Crippen LogP contribution in [0.4, 0.5) is 0 Å². The summed E-state index contributed by atoms with van der Waals surface area (Å²) in [4.78, 5) is 11.9. The summed E-state index contributed by atoms with van der Waals surface area (Å²) in [5.74, 6) is -0.463. The standard InChI is InChI=1S/C14H22N4O3/c1-21-14(20)12-13(9-5-4-8-15-9)18(17-16-12)10-6-2-3-7-11(10)19/h9-11,15,19H,2-8H2,1H3. The number of nitrogens with zero attached hydrogens (tertiary/aromatic N) is 3. The molecule has 0 spiro atoms. The van der Waals surface area contributed by atoms with E-state index in [1.807, 2.05) is 0 Å². The first-order valence-corrected chi connectivity index (χ1v) is 7.67. The summed E-state index contributed by atoms with van der Waals surface area (Å²) in [6, 6.07) is -0.0368. The van der Waals surface area contributed by atoms with Gasteiger partial charge in [-0.2, -0.15) is 0 Å². The lowest BCUT2D eigenvalue weighted by atomic mass is 9.92. The van der Waals surface area contributed by atoms with Gasteiger partial charge in [0.2, 0.25) is 0 Å². The van der Waals surface area contributed by atoms with Gasteiger partial charge in [-0.3, -0.25) is 0 Å². The van der Waals surface area contributed by atoms with Crippen molar-refractivity contribution < 1.29 is 14.6 Å². The van der Waals surface area contributed by atoms with Crippen LogP contribution in [0.15, 0.2) is 0 Å². The molecule has 0 aromatic carbocycles. The summed E-state index contributed by atoms with van der Waals surface area (Å²) in [7, 11) is 1.35. The Morgan fingerprint density at radius 3 is 2.81 bits per heavy atom. The minimum Gasteiger partial charge on any atom is -0.464 e. The van der Waals surface area contributed by atoms with Crippen LogP contribution >= 0.6 is 0 Å². The predicted octanol–water partition coefficient (Wildman–Crippen LogP) is 0.965. The van der Waals surface area contributed by atoms with Gasteiger partial charge in [0.25, 0.3) is 0 Å². The monoisotopic (exact) mass is 294 g/mol. The molecule has 3 atom stereocenters. The maximum absolute atomic E-state index is 11.9. The molecule has 1 aliphatic carbocycles. The largest absolute Gasteiger partial charge is 0.464 e. The van der Waals surface area contributed by atoms with Gasteiger partial charge in [0.1, 0.15) is 0 Å². The van der Waals surface area contributed by atoms with Crippen LogP contribution in [0, 0.1) is 0 Å². The Morgan fingerprint density at radius 1 is 1.33 bits per heavy atom. The number of hydrogen-bond donors (Lipinski definition) is 2. The maximum Gasteiger partial charge on any atom is 0.360 e. The molecule has 2 N–H and O–H groups in total. The van der Waals surface area contributed by atoms with Gasteiger partial charge in [0.05, 0.1) is 31.0 Å². The van der Waals surface area contributed by atoms with E-state index in [2.05, 4.69) is 15.6 Å². The molecule has 1 aromatic rings. The van der Waals surface area contributed by atoms with Crippen LogP contribution in [-0.2, 0) is 4.74 Å². The molecule has 21 heavy (non-hydrogen) atoms. The molecule has 7 nitrogen and oxygen atoms in total. The van der Waals surface area contributed by atoms with Crippen molar-refractivity contribution >= 4 is 5.97 Å². The molecule has 1 saturated carbocycles. The zero-order valence-corrected chi connectivity index (χ0v) is 12.3. The van der Waals surface area contributed by atoms with Gasteiger partial charge in [-0.1, -0.05) is 18.1 Å². The molecule has 1 aliphatic heterocycles. The molecule has 0 radical (unpaired) electrons. The summed E-state index contributed by atoms with van der Waals surface area (Å²) in [6.07, 6.45) is 5.32. The van der Waals surface area contributed by atoms with Crippen molar-refractivity contribution in [3.8, 4) is 0 Å². The van der Waals surface area contributed by atoms with E-state index in [1.54, 1.807) is 4.68 Å². The molecule has 0 amide bonds. The number of carbonyl (C=O) groups excluding carboxylic acids is 1. The summed E-state index contributed by atoms with van der Waals surface area (Å²) >= 11 is 0. The molecule has 3 rings (SSSR count). The Bertz CT molecular complexity index is 510. The molecule has 0 bridgehead atoms. The van der Waals surface area contributed by atoms with Crippen LogP contribution in [-0.4, -0.2) is 45.8 Å². The number of carbonyl (C=O) groups is 1. The zero-order chi connectivity index (χ0) is 14.8. The van der Waals surface area contributed by atoms with Crippen LogP contribution in [0.2, 0.25) is 0 Å². The fraction of sp³-hybridized carbons (Fsp3) is 0.786. The fourth-order valence-corrected chi connectivity index (χ4v) is 3.41. The van der Waals surface area contributed by atoms with E-state index < -0.39 is 12.1 Å². The molecule has 7 heteroatoms. The van der Waals surface area contributed by atoms with Crippen molar-refractivity contribution in [1.29, 1.82) is 0 Å². The van der Waals surface area contributed by atoms with E-state index >= 15 is 0 Å². The number of aliphatic hydroxyl groups excluding tert-OH is 1. The second kappa shape index (κ2) is 6.11. The highest BCUT2D eigenvalue weighted by Gasteiger charge is 2.34. The van der Waals surface area contributed by atoms with Gasteiger partial charge < -0.3 is 15.2 Å². The molecule has 1 saturated heterocycles. The van der Waals surface area contributed by atoms with Crippen molar-refractivity contribution in [2.45, 2.75) is 56.7 Å². The Hall–Kier alpha value is -1.47. The Morgan fingerprint density at radius 2 is 2.14 bits per heavy atom. The smallest absolute Gasteiger partial charge is 0.360 e. The molecule has 3 unspecified atom stereocenters. The van der Waals surface area contributed by atoms with Gasteiger partial charge in [-0.25, -0.2) is 9.48 Å². The summed E-state index contributed by atoms with van der Waals surface area (Å²) in [5.41, 5.74) is 1.04. The van der Waals surface area contributed by atoms with Crippen molar-refractivity contribution in [1.82, 2.24) is 20.3 Å². The quantitative estimate of drug-likeness (QED) is 0.807. The van der Waals surface area contributed by atoms with Crippen molar-refractivity contribution in [2.24, 2.45) is 0 Å². The van der Waals surface area contributed by atoms with Crippen molar-refractivity contribution in [3.05, 3.63) is 11.4 Å². The lowest BCUT2D eigenvalue weighted by molar-refractivity contribution is 0.0585. The second-order valence-corrected chi connectivity index (χ2v) is 5.83. The van der Waals surface area contributed by atoms with Gasteiger partial charge in [-0.15, -0.1) is 5.10 Å². The van der Waals surface area contributed by atoms with Crippen LogP contribution in [0.1, 0.15) is 66.8 Å². The van der Waals surface area contributed by atoms with E-state index in [1.165, 1.54) is 7.11 Å². The third-order valence-electron chi connectivity index (χ3n) is 4.51.